The van der Waals surface area contributed by atoms with Crippen LogP contribution in [0.4, 0.5) is 0 Å². The first-order valence-corrected chi connectivity index (χ1v) is 10.0. The Morgan fingerprint density at radius 3 is 2.38 bits per heavy atom. The Bertz CT molecular complexity index is 738. The van der Waals surface area contributed by atoms with Gasteiger partial charge < -0.3 is 16.0 Å². The van der Waals surface area contributed by atoms with E-state index in [-0.39, 0.29) is 5.91 Å². The Balaban J connectivity index is 1.65. The van der Waals surface area contributed by atoms with Crippen LogP contribution in [0.1, 0.15) is 25.9 Å². The first kappa shape index (κ1) is 20.4. The van der Waals surface area contributed by atoms with Gasteiger partial charge in [0.25, 0.3) is 5.91 Å². The Labute approximate surface area is 166 Å². The Kier molecular flexibility index (Phi) is 8.06. The predicted molar refractivity (Wildman–Crippen MR) is 111 cm³/mol. The van der Waals surface area contributed by atoms with E-state index in [4.69, 9.17) is 0 Å². The molecule has 1 aromatic carbocycles. The summed E-state index contributed by atoms with van der Waals surface area (Å²) in [5.74, 6) is 0.629. The average Bonchev–Trinajstić information content (AvgIpc) is 2.95. The van der Waals surface area contributed by atoms with E-state index in [0.29, 0.717) is 24.6 Å². The van der Waals surface area contributed by atoms with Gasteiger partial charge in [-0.3, -0.25) is 9.79 Å². The van der Waals surface area contributed by atoms with Crippen molar-refractivity contribution in [2.45, 2.75) is 20.3 Å². The van der Waals surface area contributed by atoms with Crippen molar-refractivity contribution in [3.05, 3.63) is 49.9 Å². The lowest BCUT2D eigenvalue weighted by molar-refractivity contribution is 0.0954. The van der Waals surface area contributed by atoms with Crippen LogP contribution in [0, 0.1) is 13.8 Å². The van der Waals surface area contributed by atoms with Crippen LogP contribution in [0.25, 0.3) is 0 Å². The predicted octanol–water partition coefficient (Wildman–Crippen LogP) is 2.66. The molecule has 0 saturated heterocycles. The molecule has 0 unspecified atom stereocenters. The van der Waals surface area contributed by atoms with Crippen molar-refractivity contribution in [1.29, 1.82) is 0 Å². The zero-order valence-electron chi connectivity index (χ0n) is 15.2. The van der Waals surface area contributed by atoms with Crippen molar-refractivity contribution in [3.63, 3.8) is 0 Å². The molecule has 26 heavy (non-hydrogen) atoms. The minimum atomic E-state index is -0.0863. The van der Waals surface area contributed by atoms with Gasteiger partial charge in [0.1, 0.15) is 0 Å². The number of carbonyl (C=O) groups excluding carboxylic acids is 1. The number of hydrogen-bond acceptors (Lipinski definition) is 4. The minimum Gasteiger partial charge on any atom is -0.356 e. The molecule has 0 fully saturated rings. The lowest BCUT2D eigenvalue weighted by Gasteiger charge is -2.12. The number of hydrogen-bond donors (Lipinski definition) is 3. The molecule has 0 saturated carbocycles. The van der Waals surface area contributed by atoms with E-state index in [9.17, 15) is 4.79 Å². The third-order valence-electron chi connectivity index (χ3n) is 3.74. The number of halogens is 1. The number of rotatable bonds is 7. The van der Waals surface area contributed by atoms with Crippen LogP contribution in [0.5, 0.6) is 0 Å². The molecule has 0 aliphatic rings. The summed E-state index contributed by atoms with van der Waals surface area (Å²) in [6, 6.07) is 7.28. The lowest BCUT2D eigenvalue weighted by atomic mass is 10.2. The standard InChI is InChI=1S/C18H24BrN5OS/c1-12-13(2)26-16(24-12)8-9-22-18(20-3)23-11-10-21-17(25)14-4-6-15(19)7-5-14/h4-7H,8-11H2,1-3H3,(H,21,25)(H2,20,22,23). The van der Waals surface area contributed by atoms with Crippen LogP contribution in [-0.2, 0) is 6.42 Å². The number of amides is 1. The van der Waals surface area contributed by atoms with E-state index in [1.807, 2.05) is 19.1 Å². The van der Waals surface area contributed by atoms with Crippen LogP contribution >= 0.6 is 27.3 Å². The molecule has 0 bridgehead atoms. The number of nitrogens with zero attached hydrogens (tertiary/aromatic N) is 2. The summed E-state index contributed by atoms with van der Waals surface area (Å²) in [5, 5.41) is 10.5. The van der Waals surface area contributed by atoms with Crippen LogP contribution in [-0.4, -0.2) is 43.5 Å². The second kappa shape index (κ2) is 10.3. The van der Waals surface area contributed by atoms with E-state index >= 15 is 0 Å². The number of aryl methyl sites for hydroxylation is 2. The molecule has 0 spiro atoms. The number of carbonyl (C=O) groups is 1. The molecular weight excluding hydrogens is 414 g/mol. The molecule has 1 aromatic heterocycles. The summed E-state index contributed by atoms with van der Waals surface area (Å²) in [6.45, 7) is 5.99. The van der Waals surface area contributed by atoms with Gasteiger partial charge in [-0.15, -0.1) is 11.3 Å². The molecule has 0 radical (unpaired) electrons. The number of thiazole rings is 1. The van der Waals surface area contributed by atoms with Gasteiger partial charge in [-0.25, -0.2) is 4.98 Å². The zero-order valence-corrected chi connectivity index (χ0v) is 17.6. The fraction of sp³-hybridized carbons (Fsp3) is 0.389. The molecule has 0 aliphatic heterocycles. The highest BCUT2D eigenvalue weighted by atomic mass is 79.9. The highest BCUT2D eigenvalue weighted by Gasteiger charge is 2.05. The topological polar surface area (TPSA) is 78.4 Å². The molecule has 2 aromatic rings. The second-order valence-corrected chi connectivity index (χ2v) is 7.89. The SMILES string of the molecule is CN=C(NCCNC(=O)c1ccc(Br)cc1)NCCc1nc(C)c(C)s1. The number of guanidine groups is 1. The van der Waals surface area contributed by atoms with E-state index in [1.54, 1.807) is 30.5 Å². The highest BCUT2D eigenvalue weighted by molar-refractivity contribution is 9.10. The summed E-state index contributed by atoms with van der Waals surface area (Å²) in [6.07, 6.45) is 0.861. The average molecular weight is 438 g/mol. The quantitative estimate of drug-likeness (QED) is 0.353. The molecule has 1 amide bonds. The third kappa shape index (κ3) is 6.42. The van der Waals surface area contributed by atoms with E-state index in [2.05, 4.69) is 48.8 Å². The number of aliphatic imine (C=N–C) groups is 1. The maximum Gasteiger partial charge on any atom is 0.251 e. The molecule has 6 nitrogen and oxygen atoms in total. The van der Waals surface area contributed by atoms with Crippen LogP contribution in [0.2, 0.25) is 0 Å². The van der Waals surface area contributed by atoms with Crippen molar-refractivity contribution in [1.82, 2.24) is 20.9 Å². The second-order valence-electron chi connectivity index (χ2n) is 5.69. The molecule has 0 aliphatic carbocycles. The largest absolute Gasteiger partial charge is 0.356 e. The molecular formula is C18H24BrN5OS. The number of benzene rings is 1. The van der Waals surface area contributed by atoms with E-state index < -0.39 is 0 Å². The summed E-state index contributed by atoms with van der Waals surface area (Å²) < 4.78 is 0.952. The smallest absolute Gasteiger partial charge is 0.251 e. The number of aromatic nitrogens is 1. The van der Waals surface area contributed by atoms with Gasteiger partial charge in [-0.1, -0.05) is 15.9 Å². The molecule has 1 heterocycles. The maximum absolute atomic E-state index is 12.0. The molecule has 2 rings (SSSR count). The van der Waals surface area contributed by atoms with Gasteiger partial charge in [-0.2, -0.15) is 0 Å². The Hall–Kier alpha value is -1.93. The Morgan fingerprint density at radius 1 is 1.12 bits per heavy atom. The molecule has 8 heteroatoms. The van der Waals surface area contributed by atoms with Gasteiger partial charge in [0, 0.05) is 48.0 Å². The number of nitrogens with one attached hydrogen (secondary N) is 3. The summed E-state index contributed by atoms with van der Waals surface area (Å²) in [5.41, 5.74) is 1.75. The van der Waals surface area contributed by atoms with Crippen molar-refractivity contribution in [2.24, 2.45) is 4.99 Å². The zero-order chi connectivity index (χ0) is 18.9. The normalized spacial score (nSPS) is 11.3. The molecule has 0 atom stereocenters. The molecule has 3 N–H and O–H groups in total. The van der Waals surface area contributed by atoms with Crippen molar-refractivity contribution in [3.8, 4) is 0 Å². The maximum atomic E-state index is 12.0. The highest BCUT2D eigenvalue weighted by Crippen LogP contribution is 2.16. The summed E-state index contributed by atoms with van der Waals surface area (Å²) in [4.78, 5) is 22.0. The van der Waals surface area contributed by atoms with Crippen LogP contribution in [0.15, 0.2) is 33.7 Å². The van der Waals surface area contributed by atoms with E-state index in [0.717, 1.165) is 28.1 Å². The summed E-state index contributed by atoms with van der Waals surface area (Å²) in [7, 11) is 1.73. The first-order chi connectivity index (χ1) is 12.5. The van der Waals surface area contributed by atoms with Gasteiger partial charge >= 0.3 is 0 Å². The van der Waals surface area contributed by atoms with Crippen molar-refractivity contribution >= 4 is 39.1 Å². The third-order valence-corrected chi connectivity index (χ3v) is 5.40. The first-order valence-electron chi connectivity index (χ1n) is 8.40. The van der Waals surface area contributed by atoms with Crippen molar-refractivity contribution < 1.29 is 4.79 Å². The van der Waals surface area contributed by atoms with Crippen molar-refractivity contribution in [2.75, 3.05) is 26.7 Å². The van der Waals surface area contributed by atoms with Crippen LogP contribution < -0.4 is 16.0 Å². The fourth-order valence-electron chi connectivity index (χ4n) is 2.21. The fourth-order valence-corrected chi connectivity index (χ4v) is 3.41. The lowest BCUT2D eigenvalue weighted by Crippen LogP contribution is -2.42. The molecule has 140 valence electrons. The van der Waals surface area contributed by atoms with E-state index in [1.165, 1.54) is 4.88 Å². The minimum absolute atomic E-state index is 0.0863. The monoisotopic (exact) mass is 437 g/mol. The Morgan fingerprint density at radius 2 is 1.77 bits per heavy atom. The summed E-state index contributed by atoms with van der Waals surface area (Å²) >= 11 is 5.09. The van der Waals surface area contributed by atoms with Gasteiger partial charge in [0.05, 0.1) is 10.7 Å². The van der Waals surface area contributed by atoms with Gasteiger partial charge in [0.15, 0.2) is 5.96 Å². The van der Waals surface area contributed by atoms with Gasteiger partial charge in [0.2, 0.25) is 0 Å². The van der Waals surface area contributed by atoms with Crippen LogP contribution in [0.3, 0.4) is 0 Å². The van der Waals surface area contributed by atoms with Gasteiger partial charge in [-0.05, 0) is 38.1 Å².